The first-order valence-corrected chi connectivity index (χ1v) is 8.62. The van der Waals surface area contributed by atoms with Gasteiger partial charge in [0, 0.05) is 18.9 Å². The van der Waals surface area contributed by atoms with Crippen molar-refractivity contribution in [2.75, 3.05) is 5.73 Å². The Morgan fingerprint density at radius 2 is 1.80 bits per heavy atom. The van der Waals surface area contributed by atoms with Gasteiger partial charge in [-0.1, -0.05) is 46.0 Å². The van der Waals surface area contributed by atoms with Crippen molar-refractivity contribution < 1.29 is 0 Å². The minimum absolute atomic E-state index is 0.607. The van der Waals surface area contributed by atoms with Crippen LogP contribution in [0.5, 0.6) is 0 Å². The van der Waals surface area contributed by atoms with Gasteiger partial charge in [-0.15, -0.1) is 0 Å². The predicted octanol–water partition coefficient (Wildman–Crippen LogP) is 4.66. The van der Waals surface area contributed by atoms with Gasteiger partial charge in [0.05, 0.1) is 5.69 Å². The van der Waals surface area contributed by atoms with Gasteiger partial charge < -0.3 is 10.3 Å². The predicted molar refractivity (Wildman–Crippen MR) is 86.0 cm³/mol. The monoisotopic (exact) mass is 277 g/mol. The van der Waals surface area contributed by atoms with Crippen LogP contribution in [0.25, 0.3) is 0 Å². The third-order valence-corrected chi connectivity index (χ3v) is 4.57. The normalized spacial score (nSPS) is 17.3. The van der Waals surface area contributed by atoms with E-state index in [4.69, 9.17) is 10.7 Å². The summed E-state index contributed by atoms with van der Waals surface area (Å²) in [6.45, 7) is 5.50. The van der Waals surface area contributed by atoms with Crippen molar-refractivity contribution in [2.45, 2.75) is 90.5 Å². The molecule has 1 heterocycles. The lowest BCUT2D eigenvalue weighted by Gasteiger charge is -2.13. The molecule has 0 unspecified atom stereocenters. The number of hydrogen-bond donors (Lipinski definition) is 1. The molecule has 0 spiro atoms. The lowest BCUT2D eigenvalue weighted by molar-refractivity contribution is 0.580. The standard InChI is InChI=1S/C17H31N3/c1-3-5-13-20-15(10-4-2)19-16(17(20)18)14-11-8-6-7-9-12-14/h14H,3-13,18H2,1-2H3. The second-order valence-electron chi connectivity index (χ2n) is 6.24. The largest absolute Gasteiger partial charge is 0.384 e. The highest BCUT2D eigenvalue weighted by atomic mass is 15.1. The van der Waals surface area contributed by atoms with Gasteiger partial charge in [0.2, 0.25) is 0 Å². The average molecular weight is 277 g/mol. The molecule has 114 valence electrons. The van der Waals surface area contributed by atoms with Crippen LogP contribution in [-0.4, -0.2) is 9.55 Å². The Kier molecular flexibility index (Phi) is 5.93. The minimum atomic E-state index is 0.607. The van der Waals surface area contributed by atoms with E-state index in [1.165, 1.54) is 62.9 Å². The molecular formula is C17H31N3. The number of rotatable bonds is 6. The number of aromatic nitrogens is 2. The molecule has 0 radical (unpaired) electrons. The molecule has 1 aromatic rings. The number of nitrogens with zero attached hydrogens (tertiary/aromatic N) is 2. The quantitative estimate of drug-likeness (QED) is 0.769. The van der Waals surface area contributed by atoms with E-state index in [9.17, 15) is 0 Å². The minimum Gasteiger partial charge on any atom is -0.384 e. The molecule has 0 amide bonds. The summed E-state index contributed by atoms with van der Waals surface area (Å²) in [4.78, 5) is 4.96. The summed E-state index contributed by atoms with van der Waals surface area (Å²) < 4.78 is 2.30. The van der Waals surface area contributed by atoms with Crippen LogP contribution >= 0.6 is 0 Å². The van der Waals surface area contributed by atoms with Crippen LogP contribution in [0.4, 0.5) is 5.82 Å². The highest BCUT2D eigenvalue weighted by molar-refractivity contribution is 5.41. The first-order chi connectivity index (χ1) is 9.77. The molecule has 1 fully saturated rings. The third-order valence-electron chi connectivity index (χ3n) is 4.57. The molecule has 20 heavy (non-hydrogen) atoms. The zero-order valence-corrected chi connectivity index (χ0v) is 13.3. The number of nitrogen functional groups attached to an aromatic ring is 1. The van der Waals surface area contributed by atoms with E-state index in [-0.39, 0.29) is 0 Å². The zero-order valence-electron chi connectivity index (χ0n) is 13.3. The van der Waals surface area contributed by atoms with Gasteiger partial charge in [0.1, 0.15) is 11.6 Å². The maximum atomic E-state index is 6.46. The molecule has 0 bridgehead atoms. The fourth-order valence-electron chi connectivity index (χ4n) is 3.37. The molecule has 2 N–H and O–H groups in total. The van der Waals surface area contributed by atoms with Crippen molar-refractivity contribution >= 4 is 5.82 Å². The second-order valence-corrected chi connectivity index (χ2v) is 6.24. The summed E-state index contributed by atoms with van der Waals surface area (Å²) in [6, 6.07) is 0. The number of nitrogens with two attached hydrogens (primary N) is 1. The number of anilines is 1. The van der Waals surface area contributed by atoms with Gasteiger partial charge >= 0.3 is 0 Å². The SMILES string of the molecule is CCCCn1c(CCC)nc(C2CCCCCC2)c1N. The van der Waals surface area contributed by atoms with Gasteiger partial charge in [0.15, 0.2) is 0 Å². The van der Waals surface area contributed by atoms with E-state index in [2.05, 4.69) is 18.4 Å². The molecule has 3 nitrogen and oxygen atoms in total. The van der Waals surface area contributed by atoms with Gasteiger partial charge in [-0.3, -0.25) is 0 Å². The third kappa shape index (κ3) is 3.56. The lowest BCUT2D eigenvalue weighted by atomic mass is 9.96. The molecule has 2 rings (SSSR count). The summed E-state index contributed by atoms with van der Waals surface area (Å²) in [5, 5.41) is 0. The Morgan fingerprint density at radius 3 is 2.40 bits per heavy atom. The summed E-state index contributed by atoms with van der Waals surface area (Å²) in [5.74, 6) is 2.79. The Bertz CT molecular complexity index is 401. The van der Waals surface area contributed by atoms with E-state index in [0.717, 1.165) is 25.2 Å². The fourth-order valence-corrected chi connectivity index (χ4v) is 3.37. The number of hydrogen-bond acceptors (Lipinski definition) is 2. The van der Waals surface area contributed by atoms with Crippen LogP contribution in [0, 0.1) is 0 Å². The molecule has 3 heteroatoms. The van der Waals surface area contributed by atoms with Crippen LogP contribution in [0.15, 0.2) is 0 Å². The molecule has 1 aromatic heterocycles. The smallest absolute Gasteiger partial charge is 0.127 e. The molecule has 0 aromatic carbocycles. The van der Waals surface area contributed by atoms with Crippen LogP contribution in [0.1, 0.15) is 89.1 Å². The first kappa shape index (κ1) is 15.4. The van der Waals surface area contributed by atoms with E-state index in [1.54, 1.807) is 0 Å². The maximum absolute atomic E-state index is 6.46. The Balaban J connectivity index is 2.22. The average Bonchev–Trinajstić information content (AvgIpc) is 2.65. The first-order valence-electron chi connectivity index (χ1n) is 8.62. The Labute approximate surface area is 124 Å². The molecule has 0 atom stereocenters. The number of imidazole rings is 1. The molecule has 0 aliphatic heterocycles. The second kappa shape index (κ2) is 7.70. The van der Waals surface area contributed by atoms with Crippen molar-refractivity contribution in [1.82, 2.24) is 9.55 Å². The molecular weight excluding hydrogens is 246 g/mol. The fraction of sp³-hybridized carbons (Fsp3) is 0.824. The number of aryl methyl sites for hydroxylation is 1. The summed E-state index contributed by atoms with van der Waals surface area (Å²) in [5.41, 5.74) is 7.67. The van der Waals surface area contributed by atoms with E-state index in [1.807, 2.05) is 0 Å². The van der Waals surface area contributed by atoms with Crippen LogP contribution in [0.2, 0.25) is 0 Å². The Hall–Kier alpha value is -0.990. The maximum Gasteiger partial charge on any atom is 0.127 e. The summed E-state index contributed by atoms with van der Waals surface area (Å²) in [6.07, 6.45) is 12.6. The molecule has 1 saturated carbocycles. The van der Waals surface area contributed by atoms with Gasteiger partial charge in [-0.2, -0.15) is 0 Å². The van der Waals surface area contributed by atoms with Crippen molar-refractivity contribution in [3.63, 3.8) is 0 Å². The van der Waals surface area contributed by atoms with Gasteiger partial charge in [-0.05, 0) is 25.7 Å². The zero-order chi connectivity index (χ0) is 14.4. The van der Waals surface area contributed by atoms with Crippen LogP contribution in [0.3, 0.4) is 0 Å². The highest BCUT2D eigenvalue weighted by Crippen LogP contribution is 2.34. The summed E-state index contributed by atoms with van der Waals surface area (Å²) in [7, 11) is 0. The van der Waals surface area contributed by atoms with Crippen LogP contribution < -0.4 is 5.73 Å². The van der Waals surface area contributed by atoms with Crippen molar-refractivity contribution in [1.29, 1.82) is 0 Å². The van der Waals surface area contributed by atoms with Crippen molar-refractivity contribution in [3.8, 4) is 0 Å². The molecule has 0 saturated heterocycles. The van der Waals surface area contributed by atoms with E-state index >= 15 is 0 Å². The topological polar surface area (TPSA) is 43.8 Å². The summed E-state index contributed by atoms with van der Waals surface area (Å²) >= 11 is 0. The van der Waals surface area contributed by atoms with E-state index in [0.29, 0.717) is 5.92 Å². The van der Waals surface area contributed by atoms with Crippen molar-refractivity contribution in [3.05, 3.63) is 11.5 Å². The van der Waals surface area contributed by atoms with Gasteiger partial charge in [0.25, 0.3) is 0 Å². The van der Waals surface area contributed by atoms with Crippen molar-refractivity contribution in [2.24, 2.45) is 0 Å². The number of unbranched alkanes of at least 4 members (excludes halogenated alkanes) is 1. The van der Waals surface area contributed by atoms with E-state index < -0.39 is 0 Å². The highest BCUT2D eigenvalue weighted by Gasteiger charge is 2.22. The lowest BCUT2D eigenvalue weighted by Crippen LogP contribution is -2.08. The van der Waals surface area contributed by atoms with Crippen LogP contribution in [-0.2, 0) is 13.0 Å². The Morgan fingerprint density at radius 1 is 1.10 bits per heavy atom. The molecule has 1 aliphatic rings. The van der Waals surface area contributed by atoms with Gasteiger partial charge in [-0.25, -0.2) is 4.98 Å². The molecule has 1 aliphatic carbocycles.